The summed E-state index contributed by atoms with van der Waals surface area (Å²) in [6.07, 6.45) is -4.47. The van der Waals surface area contributed by atoms with Gasteiger partial charge in [0.15, 0.2) is 0 Å². The highest BCUT2D eigenvalue weighted by molar-refractivity contribution is 7.97. The van der Waals surface area contributed by atoms with E-state index in [2.05, 4.69) is 5.32 Å². The van der Waals surface area contributed by atoms with Crippen molar-refractivity contribution < 1.29 is 22.7 Å². The minimum atomic E-state index is -4.47. The number of hydrogen-bond acceptors (Lipinski definition) is 4. The summed E-state index contributed by atoms with van der Waals surface area (Å²) in [6.45, 7) is 1.68. The molecule has 0 spiro atoms. The Morgan fingerprint density at radius 3 is 2.40 bits per heavy atom. The lowest BCUT2D eigenvalue weighted by Gasteiger charge is -2.15. The molecule has 0 saturated carbocycles. The van der Waals surface area contributed by atoms with Gasteiger partial charge < -0.3 is 10.1 Å². The molecule has 3 aromatic rings. The second-order valence-electron chi connectivity index (χ2n) is 6.51. The number of benzene rings is 3. The first-order valence-corrected chi connectivity index (χ1v) is 9.76. The number of carbonyl (C=O) groups excluding carboxylic acids is 1. The topological polar surface area (TPSA) is 64.3 Å². The molecule has 0 heterocycles. The number of nitrogens with one attached hydrogen (secondary N) is 1. The largest absolute Gasteiger partial charge is 0.495 e. The number of anilines is 1. The summed E-state index contributed by atoms with van der Waals surface area (Å²) in [4.78, 5) is 13.4. The maximum Gasteiger partial charge on any atom is 0.417 e. The normalized spacial score (nSPS) is 11.3. The van der Waals surface area contributed by atoms with E-state index < -0.39 is 11.7 Å². The van der Waals surface area contributed by atoms with E-state index in [0.717, 1.165) is 22.9 Å². The number of rotatable bonds is 5. The molecule has 3 aromatic carbocycles. The first-order valence-electron chi connectivity index (χ1n) is 8.88. The third kappa shape index (κ3) is 4.60. The van der Waals surface area contributed by atoms with E-state index in [1.54, 1.807) is 37.3 Å². The Labute approximate surface area is 176 Å². The van der Waals surface area contributed by atoms with Crippen LogP contribution in [-0.2, 0) is 6.18 Å². The molecule has 0 aliphatic carbocycles. The highest BCUT2D eigenvalue weighted by Gasteiger charge is 2.33. The maximum atomic E-state index is 13.3. The molecule has 8 heteroatoms. The fraction of sp³-hybridized carbons (Fsp3) is 0.136. The van der Waals surface area contributed by atoms with Crippen LogP contribution in [0.1, 0.15) is 21.5 Å². The summed E-state index contributed by atoms with van der Waals surface area (Å²) in [7, 11) is 1.50. The van der Waals surface area contributed by atoms with Crippen molar-refractivity contribution in [2.24, 2.45) is 5.14 Å². The molecule has 0 saturated heterocycles. The molecule has 0 aliphatic heterocycles. The minimum Gasteiger partial charge on any atom is -0.495 e. The molecule has 0 bridgehead atoms. The number of aryl methyl sites for hydroxylation is 1. The Bertz CT molecular complexity index is 1080. The molecule has 3 N–H and O–H groups in total. The van der Waals surface area contributed by atoms with Crippen LogP contribution >= 0.6 is 11.9 Å². The zero-order valence-electron chi connectivity index (χ0n) is 16.2. The van der Waals surface area contributed by atoms with E-state index in [-0.39, 0.29) is 11.5 Å². The molecule has 156 valence electrons. The number of hydrogen-bond donors (Lipinski definition) is 2. The highest BCUT2D eigenvalue weighted by atomic mass is 32.2. The van der Waals surface area contributed by atoms with E-state index in [1.807, 2.05) is 0 Å². The van der Waals surface area contributed by atoms with E-state index in [9.17, 15) is 18.0 Å². The van der Waals surface area contributed by atoms with Gasteiger partial charge in [0.1, 0.15) is 5.75 Å². The summed E-state index contributed by atoms with van der Waals surface area (Å²) >= 11 is 1.03. The fourth-order valence-corrected chi connectivity index (χ4v) is 3.52. The average Bonchev–Trinajstić information content (AvgIpc) is 2.73. The molecule has 0 aromatic heterocycles. The highest BCUT2D eigenvalue weighted by Crippen LogP contribution is 2.38. The first-order chi connectivity index (χ1) is 14.2. The SMILES string of the molecule is COc1cc(NC(=O)c2ccc(-c3ccccc3C(F)(F)F)c(C)c2)ccc1SN. The van der Waals surface area contributed by atoms with Crippen molar-refractivity contribution in [2.75, 3.05) is 12.4 Å². The summed E-state index contributed by atoms with van der Waals surface area (Å²) in [5.74, 6) is 0.138. The van der Waals surface area contributed by atoms with Gasteiger partial charge in [-0.05, 0) is 65.9 Å². The molecule has 0 unspecified atom stereocenters. The van der Waals surface area contributed by atoms with E-state index >= 15 is 0 Å². The average molecular weight is 432 g/mol. The van der Waals surface area contributed by atoms with Gasteiger partial charge in [-0.25, -0.2) is 0 Å². The van der Waals surface area contributed by atoms with Crippen molar-refractivity contribution in [3.63, 3.8) is 0 Å². The Kier molecular flexibility index (Phi) is 6.38. The van der Waals surface area contributed by atoms with Crippen LogP contribution in [0.5, 0.6) is 5.75 Å². The Hall–Kier alpha value is -2.97. The van der Waals surface area contributed by atoms with Crippen molar-refractivity contribution in [1.82, 2.24) is 0 Å². The predicted molar refractivity (Wildman–Crippen MR) is 113 cm³/mol. The van der Waals surface area contributed by atoms with Gasteiger partial charge in [-0.3, -0.25) is 9.93 Å². The van der Waals surface area contributed by atoms with Gasteiger partial charge in [0.25, 0.3) is 5.91 Å². The monoisotopic (exact) mass is 432 g/mol. The molecule has 3 rings (SSSR count). The van der Waals surface area contributed by atoms with Crippen LogP contribution in [0, 0.1) is 6.92 Å². The summed E-state index contributed by atoms with van der Waals surface area (Å²) < 4.78 is 45.3. The third-order valence-electron chi connectivity index (χ3n) is 4.56. The van der Waals surface area contributed by atoms with Gasteiger partial charge in [-0.2, -0.15) is 13.2 Å². The Balaban J connectivity index is 1.89. The lowest BCUT2D eigenvalue weighted by atomic mass is 9.94. The molecular formula is C22H19F3N2O2S. The number of carbonyl (C=O) groups is 1. The zero-order chi connectivity index (χ0) is 21.9. The minimum absolute atomic E-state index is 0.0778. The molecule has 0 atom stereocenters. The molecule has 0 aliphatic rings. The van der Waals surface area contributed by atoms with Crippen LogP contribution in [0.25, 0.3) is 11.1 Å². The second kappa shape index (κ2) is 8.81. The van der Waals surface area contributed by atoms with Crippen molar-refractivity contribution in [2.45, 2.75) is 18.0 Å². The first kappa shape index (κ1) is 21.7. The molecule has 1 amide bonds. The van der Waals surface area contributed by atoms with Crippen LogP contribution in [0.15, 0.2) is 65.6 Å². The molecule has 4 nitrogen and oxygen atoms in total. The summed E-state index contributed by atoms with van der Waals surface area (Å²) in [6, 6.07) is 15.1. The lowest BCUT2D eigenvalue weighted by molar-refractivity contribution is -0.137. The number of methoxy groups -OCH3 is 1. The van der Waals surface area contributed by atoms with Crippen LogP contribution in [0.2, 0.25) is 0 Å². The smallest absolute Gasteiger partial charge is 0.417 e. The van der Waals surface area contributed by atoms with Crippen LogP contribution in [0.3, 0.4) is 0 Å². The molecule has 30 heavy (non-hydrogen) atoms. The molecule has 0 radical (unpaired) electrons. The lowest BCUT2D eigenvalue weighted by Crippen LogP contribution is -2.12. The van der Waals surface area contributed by atoms with Crippen LogP contribution in [0.4, 0.5) is 18.9 Å². The van der Waals surface area contributed by atoms with Crippen LogP contribution in [-0.4, -0.2) is 13.0 Å². The van der Waals surface area contributed by atoms with E-state index in [4.69, 9.17) is 9.88 Å². The van der Waals surface area contributed by atoms with Gasteiger partial charge in [0.05, 0.1) is 17.6 Å². The van der Waals surface area contributed by atoms with Crippen molar-refractivity contribution in [3.8, 4) is 16.9 Å². The number of ether oxygens (including phenoxy) is 1. The number of alkyl halides is 3. The maximum absolute atomic E-state index is 13.3. The van der Waals surface area contributed by atoms with Gasteiger partial charge in [-0.15, -0.1) is 0 Å². The van der Waals surface area contributed by atoms with Crippen molar-refractivity contribution in [1.29, 1.82) is 0 Å². The quantitative estimate of drug-likeness (QED) is 0.492. The predicted octanol–water partition coefficient (Wildman–Crippen LogP) is 5.91. The number of nitrogens with two attached hydrogens (primary N) is 1. The standard InChI is InChI=1S/C22H19F3N2O2S/c1-13-11-14(21(28)27-15-8-10-20(30-26)19(12-15)29-2)7-9-16(13)17-5-3-4-6-18(17)22(23,24)25/h3-12H,26H2,1-2H3,(H,27,28). The zero-order valence-corrected chi connectivity index (χ0v) is 17.0. The summed E-state index contributed by atoms with van der Waals surface area (Å²) in [5, 5.41) is 8.32. The van der Waals surface area contributed by atoms with Gasteiger partial charge in [0, 0.05) is 17.3 Å². The van der Waals surface area contributed by atoms with E-state index in [1.165, 1.54) is 31.4 Å². The molecule has 0 fully saturated rings. The van der Waals surface area contributed by atoms with Gasteiger partial charge in [0.2, 0.25) is 0 Å². The van der Waals surface area contributed by atoms with E-state index in [0.29, 0.717) is 28.1 Å². The van der Waals surface area contributed by atoms with Gasteiger partial charge in [-0.1, -0.05) is 24.3 Å². The third-order valence-corrected chi connectivity index (χ3v) is 5.15. The van der Waals surface area contributed by atoms with Crippen molar-refractivity contribution >= 4 is 23.5 Å². The van der Waals surface area contributed by atoms with Crippen LogP contribution < -0.4 is 15.2 Å². The van der Waals surface area contributed by atoms with Crippen molar-refractivity contribution in [3.05, 3.63) is 77.4 Å². The Morgan fingerprint density at radius 1 is 1.03 bits per heavy atom. The Morgan fingerprint density at radius 2 is 1.77 bits per heavy atom. The van der Waals surface area contributed by atoms with Gasteiger partial charge >= 0.3 is 6.18 Å². The number of amides is 1. The number of halogens is 3. The second-order valence-corrected chi connectivity index (χ2v) is 7.19. The fourth-order valence-electron chi connectivity index (χ4n) is 3.12. The summed E-state index contributed by atoms with van der Waals surface area (Å²) in [5.41, 5.74) is 1.19. The molecular weight excluding hydrogens is 413 g/mol.